The standard InChI is InChI=1S/C24H29N5O4/c1-3-29-23-18(15-26-29)22(27-17-9-11-33-12-10-17)19(14-25-23)24(31)28-20(13-21(30)32-2)16-7-5-4-6-8-16/h4-8,14-15,17,20H,3,9-13H2,1-2H3,(H,25,27)(H,28,31). The fourth-order valence-corrected chi connectivity index (χ4v) is 4.06. The van der Waals surface area contributed by atoms with Crippen LogP contribution in [0.1, 0.15) is 48.1 Å². The number of aromatic nitrogens is 3. The number of hydrogen-bond donors (Lipinski definition) is 2. The number of fused-ring (bicyclic) bond motifs is 1. The quantitative estimate of drug-likeness (QED) is 0.507. The molecule has 1 aliphatic heterocycles. The van der Waals surface area contributed by atoms with Crippen molar-refractivity contribution in [2.24, 2.45) is 0 Å². The molecule has 0 spiro atoms. The van der Waals surface area contributed by atoms with Crippen molar-refractivity contribution in [1.82, 2.24) is 20.1 Å². The van der Waals surface area contributed by atoms with Gasteiger partial charge in [-0.25, -0.2) is 9.67 Å². The number of carbonyl (C=O) groups excluding carboxylic acids is 2. The predicted octanol–water partition coefficient (Wildman–Crippen LogP) is 3.08. The summed E-state index contributed by atoms with van der Waals surface area (Å²) in [6.45, 7) is 4.03. The molecule has 0 radical (unpaired) electrons. The average molecular weight is 452 g/mol. The van der Waals surface area contributed by atoms with E-state index in [2.05, 4.69) is 20.7 Å². The van der Waals surface area contributed by atoms with Gasteiger partial charge in [0.25, 0.3) is 5.91 Å². The zero-order valence-electron chi connectivity index (χ0n) is 18.9. The molecule has 1 atom stereocenters. The number of esters is 1. The van der Waals surface area contributed by atoms with Crippen LogP contribution in [-0.4, -0.2) is 53.0 Å². The number of hydrogen-bond acceptors (Lipinski definition) is 7. The molecule has 1 amide bonds. The molecule has 3 heterocycles. The second-order valence-corrected chi connectivity index (χ2v) is 7.99. The van der Waals surface area contributed by atoms with Crippen molar-refractivity contribution in [2.45, 2.75) is 44.8 Å². The minimum absolute atomic E-state index is 0.0262. The molecular weight excluding hydrogens is 422 g/mol. The molecule has 2 N–H and O–H groups in total. The van der Waals surface area contributed by atoms with Gasteiger partial charge in [0.1, 0.15) is 0 Å². The monoisotopic (exact) mass is 451 g/mol. The summed E-state index contributed by atoms with van der Waals surface area (Å²) in [6, 6.07) is 9.04. The second-order valence-electron chi connectivity index (χ2n) is 7.99. The van der Waals surface area contributed by atoms with Crippen molar-refractivity contribution >= 4 is 28.6 Å². The Kier molecular flexibility index (Phi) is 7.19. The first-order chi connectivity index (χ1) is 16.1. The molecular formula is C24H29N5O4. The third-order valence-electron chi connectivity index (χ3n) is 5.89. The summed E-state index contributed by atoms with van der Waals surface area (Å²) in [5.41, 5.74) is 2.66. The molecule has 33 heavy (non-hydrogen) atoms. The number of aryl methyl sites for hydroxylation is 1. The van der Waals surface area contributed by atoms with Crippen LogP contribution in [0.15, 0.2) is 42.7 Å². The number of benzene rings is 1. The molecule has 1 aromatic carbocycles. The lowest BCUT2D eigenvalue weighted by atomic mass is 10.0. The van der Waals surface area contributed by atoms with Gasteiger partial charge in [-0.3, -0.25) is 9.59 Å². The van der Waals surface area contributed by atoms with E-state index in [-0.39, 0.29) is 18.4 Å². The SMILES string of the molecule is CCn1ncc2c(NC3CCOCC3)c(C(=O)NC(CC(=O)OC)c3ccccc3)cnc21. The van der Waals surface area contributed by atoms with E-state index in [0.29, 0.717) is 31.0 Å². The number of rotatable bonds is 8. The Bertz CT molecular complexity index is 1110. The van der Waals surface area contributed by atoms with Crippen LogP contribution in [0.5, 0.6) is 0 Å². The van der Waals surface area contributed by atoms with E-state index in [1.54, 1.807) is 17.1 Å². The molecule has 1 fully saturated rings. The van der Waals surface area contributed by atoms with Crippen LogP contribution in [0.2, 0.25) is 0 Å². The van der Waals surface area contributed by atoms with Gasteiger partial charge in [-0.2, -0.15) is 5.10 Å². The molecule has 9 nitrogen and oxygen atoms in total. The molecule has 174 valence electrons. The maximum Gasteiger partial charge on any atom is 0.307 e. The van der Waals surface area contributed by atoms with Crippen LogP contribution < -0.4 is 10.6 Å². The Balaban J connectivity index is 1.68. The van der Waals surface area contributed by atoms with Crippen molar-refractivity contribution < 1.29 is 19.1 Å². The third kappa shape index (κ3) is 5.14. The number of methoxy groups -OCH3 is 1. The summed E-state index contributed by atoms with van der Waals surface area (Å²) < 4.78 is 12.1. The third-order valence-corrected chi connectivity index (χ3v) is 5.89. The average Bonchev–Trinajstić information content (AvgIpc) is 3.28. The fourth-order valence-electron chi connectivity index (χ4n) is 4.06. The summed E-state index contributed by atoms with van der Waals surface area (Å²) >= 11 is 0. The van der Waals surface area contributed by atoms with Crippen LogP contribution in [0, 0.1) is 0 Å². The van der Waals surface area contributed by atoms with E-state index in [1.807, 2.05) is 37.3 Å². The highest BCUT2D eigenvalue weighted by Gasteiger charge is 2.25. The first-order valence-electron chi connectivity index (χ1n) is 11.2. The van der Waals surface area contributed by atoms with Crippen LogP contribution in [0.4, 0.5) is 5.69 Å². The maximum atomic E-state index is 13.5. The molecule has 0 bridgehead atoms. The van der Waals surface area contributed by atoms with Crippen LogP contribution >= 0.6 is 0 Å². The Labute approximate surface area is 192 Å². The van der Waals surface area contributed by atoms with Gasteiger partial charge >= 0.3 is 5.97 Å². The summed E-state index contributed by atoms with van der Waals surface area (Å²) in [5, 5.41) is 11.8. The van der Waals surface area contributed by atoms with Crippen LogP contribution in [0.25, 0.3) is 11.0 Å². The van der Waals surface area contributed by atoms with Gasteiger partial charge in [-0.05, 0) is 25.3 Å². The molecule has 1 aliphatic rings. The minimum Gasteiger partial charge on any atom is -0.469 e. The number of ether oxygens (including phenoxy) is 2. The first kappa shape index (κ1) is 22.7. The van der Waals surface area contributed by atoms with Crippen molar-refractivity contribution in [3.63, 3.8) is 0 Å². The molecule has 9 heteroatoms. The summed E-state index contributed by atoms with van der Waals surface area (Å²) in [4.78, 5) is 30.0. The van der Waals surface area contributed by atoms with E-state index in [4.69, 9.17) is 9.47 Å². The Morgan fingerprint density at radius 3 is 2.67 bits per heavy atom. The van der Waals surface area contributed by atoms with Gasteiger partial charge in [0.05, 0.1) is 42.4 Å². The maximum absolute atomic E-state index is 13.5. The highest BCUT2D eigenvalue weighted by molar-refractivity contribution is 6.06. The number of anilines is 1. The number of nitrogens with one attached hydrogen (secondary N) is 2. The molecule has 2 aromatic heterocycles. The molecule has 0 saturated carbocycles. The lowest BCUT2D eigenvalue weighted by Gasteiger charge is -2.26. The zero-order valence-corrected chi connectivity index (χ0v) is 18.9. The zero-order chi connectivity index (χ0) is 23.2. The Morgan fingerprint density at radius 1 is 1.21 bits per heavy atom. The normalized spacial score (nSPS) is 15.2. The molecule has 4 rings (SSSR count). The van der Waals surface area contributed by atoms with Gasteiger partial charge in [-0.1, -0.05) is 30.3 Å². The molecule has 1 unspecified atom stereocenters. The van der Waals surface area contributed by atoms with Crippen molar-refractivity contribution in [2.75, 3.05) is 25.6 Å². The minimum atomic E-state index is -0.531. The smallest absolute Gasteiger partial charge is 0.307 e. The van der Waals surface area contributed by atoms with Crippen molar-refractivity contribution in [3.05, 3.63) is 53.9 Å². The molecule has 1 saturated heterocycles. The van der Waals surface area contributed by atoms with E-state index >= 15 is 0 Å². The van der Waals surface area contributed by atoms with E-state index < -0.39 is 12.0 Å². The second kappa shape index (κ2) is 10.4. The van der Waals surface area contributed by atoms with Gasteiger partial charge < -0.3 is 20.1 Å². The lowest BCUT2D eigenvalue weighted by Crippen LogP contribution is -2.33. The van der Waals surface area contributed by atoms with Crippen molar-refractivity contribution in [3.8, 4) is 0 Å². The summed E-state index contributed by atoms with van der Waals surface area (Å²) in [7, 11) is 1.34. The molecule has 0 aliphatic carbocycles. The molecule has 3 aromatic rings. The topological polar surface area (TPSA) is 107 Å². The largest absolute Gasteiger partial charge is 0.469 e. The fraction of sp³-hybridized carbons (Fsp3) is 0.417. The highest BCUT2D eigenvalue weighted by atomic mass is 16.5. The van der Waals surface area contributed by atoms with E-state index in [1.165, 1.54) is 7.11 Å². The van der Waals surface area contributed by atoms with Crippen LogP contribution in [-0.2, 0) is 20.8 Å². The number of amides is 1. The number of pyridine rings is 1. The van der Waals surface area contributed by atoms with Gasteiger partial charge in [0.2, 0.25) is 0 Å². The summed E-state index contributed by atoms with van der Waals surface area (Å²) in [5.74, 6) is -0.719. The highest BCUT2D eigenvalue weighted by Crippen LogP contribution is 2.29. The number of carbonyl (C=O) groups is 2. The van der Waals surface area contributed by atoms with E-state index in [9.17, 15) is 9.59 Å². The predicted molar refractivity (Wildman–Crippen MR) is 124 cm³/mol. The van der Waals surface area contributed by atoms with E-state index in [0.717, 1.165) is 29.4 Å². The Morgan fingerprint density at radius 2 is 1.97 bits per heavy atom. The van der Waals surface area contributed by atoms with Crippen molar-refractivity contribution in [1.29, 1.82) is 0 Å². The first-order valence-corrected chi connectivity index (χ1v) is 11.2. The van der Waals surface area contributed by atoms with Crippen LogP contribution in [0.3, 0.4) is 0 Å². The summed E-state index contributed by atoms with van der Waals surface area (Å²) in [6.07, 6.45) is 5.04. The van der Waals surface area contributed by atoms with Gasteiger partial charge in [-0.15, -0.1) is 0 Å². The lowest BCUT2D eigenvalue weighted by molar-refractivity contribution is -0.141. The number of nitrogens with zero attached hydrogens (tertiary/aromatic N) is 3. The van der Waals surface area contributed by atoms with Gasteiger partial charge in [0.15, 0.2) is 5.65 Å². The van der Waals surface area contributed by atoms with Gasteiger partial charge in [0, 0.05) is 32.0 Å². The Hall–Kier alpha value is -3.46.